The van der Waals surface area contributed by atoms with Crippen LogP contribution in [0.3, 0.4) is 0 Å². The van der Waals surface area contributed by atoms with E-state index in [1.165, 1.54) is 0 Å². The second-order valence-corrected chi connectivity index (χ2v) is 5.80. The van der Waals surface area contributed by atoms with Crippen molar-refractivity contribution in [3.05, 3.63) is 59.2 Å². The molecule has 0 aromatic heterocycles. The van der Waals surface area contributed by atoms with Gasteiger partial charge in [-0.1, -0.05) is 6.07 Å². The lowest BCUT2D eigenvalue weighted by molar-refractivity contribution is 0.354. The maximum atomic E-state index is 13.7. The van der Waals surface area contributed by atoms with Crippen molar-refractivity contribution in [2.45, 2.75) is 19.9 Å². The zero-order valence-electron chi connectivity index (χ0n) is 15.8. The van der Waals surface area contributed by atoms with Crippen molar-refractivity contribution in [1.29, 1.82) is 0 Å². The van der Waals surface area contributed by atoms with Gasteiger partial charge in [0, 0.05) is 18.7 Å². The third kappa shape index (κ3) is 6.13. The fourth-order valence-corrected chi connectivity index (χ4v) is 2.53. The van der Waals surface area contributed by atoms with E-state index in [1.54, 1.807) is 14.2 Å². The molecule has 2 aromatic rings. The Morgan fingerprint density at radius 2 is 1.78 bits per heavy atom. The molecule has 7 heteroatoms. The minimum Gasteiger partial charge on any atom is -0.493 e. The van der Waals surface area contributed by atoms with Crippen molar-refractivity contribution in [3.63, 3.8) is 0 Å². The molecule has 5 nitrogen and oxygen atoms in total. The van der Waals surface area contributed by atoms with Crippen molar-refractivity contribution in [3.8, 4) is 11.5 Å². The van der Waals surface area contributed by atoms with Gasteiger partial charge >= 0.3 is 0 Å². The van der Waals surface area contributed by atoms with Crippen LogP contribution in [0.1, 0.15) is 18.1 Å². The number of benzene rings is 2. The summed E-state index contributed by atoms with van der Waals surface area (Å²) in [4.78, 5) is 4.32. The summed E-state index contributed by atoms with van der Waals surface area (Å²) in [6, 6.07) is 9.11. The Morgan fingerprint density at radius 3 is 2.48 bits per heavy atom. The SMILES string of the molecule is CCNC(=NCc1cc(F)ccc1F)NCCc1ccc(OC)c(OC)c1. The maximum absolute atomic E-state index is 13.7. The molecular formula is C20H25F2N3O2. The minimum atomic E-state index is -0.479. The largest absolute Gasteiger partial charge is 0.493 e. The summed E-state index contributed by atoms with van der Waals surface area (Å²) in [6.45, 7) is 3.27. The van der Waals surface area contributed by atoms with Crippen molar-refractivity contribution < 1.29 is 18.3 Å². The molecule has 2 rings (SSSR count). The van der Waals surface area contributed by atoms with E-state index in [1.807, 2.05) is 25.1 Å². The second kappa shape index (κ2) is 10.4. The highest BCUT2D eigenvalue weighted by molar-refractivity contribution is 5.79. The van der Waals surface area contributed by atoms with Gasteiger partial charge in [0.05, 0.1) is 20.8 Å². The van der Waals surface area contributed by atoms with Gasteiger partial charge in [0.2, 0.25) is 0 Å². The van der Waals surface area contributed by atoms with Crippen LogP contribution in [0.5, 0.6) is 11.5 Å². The Balaban J connectivity index is 1.97. The lowest BCUT2D eigenvalue weighted by atomic mass is 10.1. The van der Waals surface area contributed by atoms with Crippen LogP contribution in [-0.4, -0.2) is 33.3 Å². The summed E-state index contributed by atoms with van der Waals surface area (Å²) in [6.07, 6.45) is 0.735. The highest BCUT2D eigenvalue weighted by Crippen LogP contribution is 2.27. The van der Waals surface area contributed by atoms with Gasteiger partial charge in [0.25, 0.3) is 0 Å². The molecule has 0 saturated heterocycles. The number of halogens is 2. The number of hydrogen-bond donors (Lipinski definition) is 2. The molecule has 27 heavy (non-hydrogen) atoms. The number of aliphatic imine (C=N–C) groups is 1. The Labute approximate surface area is 158 Å². The molecule has 2 N–H and O–H groups in total. The molecule has 0 unspecified atom stereocenters. The Bertz CT molecular complexity index is 782. The van der Waals surface area contributed by atoms with Gasteiger partial charge in [-0.2, -0.15) is 0 Å². The van der Waals surface area contributed by atoms with E-state index in [4.69, 9.17) is 9.47 Å². The molecule has 0 bridgehead atoms. The molecule has 0 amide bonds. The van der Waals surface area contributed by atoms with E-state index in [-0.39, 0.29) is 12.1 Å². The number of ether oxygens (including phenoxy) is 2. The second-order valence-electron chi connectivity index (χ2n) is 5.80. The average Bonchev–Trinajstić information content (AvgIpc) is 2.68. The summed E-state index contributed by atoms with van der Waals surface area (Å²) in [5.74, 6) is 0.953. The van der Waals surface area contributed by atoms with Crippen molar-refractivity contribution in [2.24, 2.45) is 4.99 Å². The first-order valence-electron chi connectivity index (χ1n) is 8.74. The fraction of sp³-hybridized carbons (Fsp3) is 0.350. The van der Waals surface area contributed by atoms with Crippen LogP contribution in [0.15, 0.2) is 41.4 Å². The summed E-state index contributed by atoms with van der Waals surface area (Å²) < 4.78 is 37.5. The van der Waals surface area contributed by atoms with E-state index >= 15 is 0 Å². The first-order chi connectivity index (χ1) is 13.1. The van der Waals surface area contributed by atoms with Crippen LogP contribution >= 0.6 is 0 Å². The quantitative estimate of drug-likeness (QED) is 0.548. The Morgan fingerprint density at radius 1 is 1.00 bits per heavy atom. The monoisotopic (exact) mass is 377 g/mol. The zero-order valence-corrected chi connectivity index (χ0v) is 15.8. The number of rotatable bonds is 8. The van der Waals surface area contributed by atoms with E-state index in [0.717, 1.165) is 30.2 Å². The van der Waals surface area contributed by atoms with Crippen molar-refractivity contribution in [2.75, 3.05) is 27.3 Å². The fourth-order valence-electron chi connectivity index (χ4n) is 2.53. The number of hydrogen-bond acceptors (Lipinski definition) is 3. The van der Waals surface area contributed by atoms with Gasteiger partial charge in [-0.15, -0.1) is 0 Å². The van der Waals surface area contributed by atoms with Crippen LogP contribution in [0.2, 0.25) is 0 Å². The van der Waals surface area contributed by atoms with Crippen molar-refractivity contribution in [1.82, 2.24) is 10.6 Å². The normalized spacial score (nSPS) is 11.2. The van der Waals surface area contributed by atoms with Crippen molar-refractivity contribution >= 4 is 5.96 Å². The maximum Gasteiger partial charge on any atom is 0.191 e. The van der Waals surface area contributed by atoms with Crippen LogP contribution in [-0.2, 0) is 13.0 Å². The molecule has 0 saturated carbocycles. The van der Waals surface area contributed by atoms with E-state index in [2.05, 4.69) is 15.6 Å². The number of guanidine groups is 1. The molecule has 146 valence electrons. The van der Waals surface area contributed by atoms with Crippen LogP contribution < -0.4 is 20.1 Å². The number of nitrogens with zero attached hydrogens (tertiary/aromatic N) is 1. The van der Waals surface area contributed by atoms with Gasteiger partial charge in [0.1, 0.15) is 11.6 Å². The van der Waals surface area contributed by atoms with Gasteiger partial charge in [-0.05, 0) is 49.2 Å². The summed E-state index contributed by atoms with van der Waals surface area (Å²) in [5.41, 5.74) is 1.29. The van der Waals surface area contributed by atoms with Crippen LogP contribution in [0.4, 0.5) is 8.78 Å². The molecular weight excluding hydrogens is 352 g/mol. The summed E-state index contributed by atoms with van der Waals surface area (Å²) in [7, 11) is 3.20. The Kier molecular flexibility index (Phi) is 7.85. The zero-order chi connectivity index (χ0) is 19.6. The van der Waals surface area contributed by atoms with E-state index < -0.39 is 11.6 Å². The minimum absolute atomic E-state index is 0.0509. The molecule has 0 aliphatic carbocycles. The lowest BCUT2D eigenvalue weighted by Crippen LogP contribution is -2.38. The number of methoxy groups -OCH3 is 2. The van der Waals surface area contributed by atoms with Gasteiger partial charge in [-0.25, -0.2) is 13.8 Å². The summed E-state index contributed by atoms with van der Waals surface area (Å²) >= 11 is 0. The predicted molar refractivity (Wildman–Crippen MR) is 102 cm³/mol. The topological polar surface area (TPSA) is 54.9 Å². The molecule has 0 spiro atoms. The first-order valence-corrected chi connectivity index (χ1v) is 8.74. The molecule has 0 heterocycles. The molecule has 0 aliphatic heterocycles. The van der Waals surface area contributed by atoms with Crippen LogP contribution in [0, 0.1) is 11.6 Å². The molecule has 0 fully saturated rings. The molecule has 0 atom stereocenters. The average molecular weight is 377 g/mol. The molecule has 0 radical (unpaired) electrons. The van der Waals surface area contributed by atoms with Gasteiger partial charge in [-0.3, -0.25) is 0 Å². The third-order valence-electron chi connectivity index (χ3n) is 3.91. The summed E-state index contributed by atoms with van der Waals surface area (Å²) in [5, 5.41) is 6.28. The smallest absolute Gasteiger partial charge is 0.191 e. The molecule has 0 aliphatic rings. The van der Waals surface area contributed by atoms with Gasteiger partial charge < -0.3 is 20.1 Å². The number of nitrogens with one attached hydrogen (secondary N) is 2. The van der Waals surface area contributed by atoms with E-state index in [9.17, 15) is 8.78 Å². The predicted octanol–water partition coefficient (Wildman–Crippen LogP) is 3.28. The molecule has 2 aromatic carbocycles. The van der Waals surface area contributed by atoms with Gasteiger partial charge in [0.15, 0.2) is 17.5 Å². The first kappa shape index (κ1) is 20.5. The highest BCUT2D eigenvalue weighted by Gasteiger charge is 2.06. The highest BCUT2D eigenvalue weighted by atomic mass is 19.1. The lowest BCUT2D eigenvalue weighted by Gasteiger charge is -2.13. The third-order valence-corrected chi connectivity index (χ3v) is 3.91. The van der Waals surface area contributed by atoms with E-state index in [0.29, 0.717) is 30.5 Å². The van der Waals surface area contributed by atoms with Crippen LogP contribution in [0.25, 0.3) is 0 Å². The standard InChI is InChI=1S/C20H25F2N3O2/c1-4-23-20(25-13-15-12-16(21)6-7-17(15)22)24-10-9-14-5-8-18(26-2)19(11-14)27-3/h5-8,11-12H,4,9-10,13H2,1-3H3,(H2,23,24,25). The Hall–Kier alpha value is -2.83.